The van der Waals surface area contributed by atoms with Gasteiger partial charge >= 0.3 is 0 Å². The number of aliphatic imine (C=N–C) groups is 1. The summed E-state index contributed by atoms with van der Waals surface area (Å²) >= 11 is 0. The zero-order chi connectivity index (χ0) is 10.8. The standard InChI is InChI=1S/C11H10N2O2/c1-7-9-4-8(5-12-6-14)2-3-10(9)13-11(7)15/h2-4,7H,5H2,1H3,(H,13,15). The number of isocyanates is 1. The fraction of sp³-hybridized carbons (Fsp3) is 0.273. The zero-order valence-electron chi connectivity index (χ0n) is 8.28. The Bertz CT molecular complexity index is 462. The van der Waals surface area contributed by atoms with Crippen LogP contribution in [-0.4, -0.2) is 12.0 Å². The number of nitrogens with zero attached hydrogens (tertiary/aromatic N) is 1. The minimum atomic E-state index is -0.125. The second-order valence-corrected chi connectivity index (χ2v) is 3.54. The van der Waals surface area contributed by atoms with E-state index in [0.717, 1.165) is 16.8 Å². The second kappa shape index (κ2) is 3.67. The molecule has 4 nitrogen and oxygen atoms in total. The van der Waals surface area contributed by atoms with E-state index in [0.29, 0.717) is 6.54 Å². The summed E-state index contributed by atoms with van der Waals surface area (Å²) in [5, 5.41) is 2.78. The predicted molar refractivity (Wildman–Crippen MR) is 55.3 cm³/mol. The van der Waals surface area contributed by atoms with E-state index in [9.17, 15) is 9.59 Å². The summed E-state index contributed by atoms with van der Waals surface area (Å²) in [4.78, 5) is 24.8. The van der Waals surface area contributed by atoms with Crippen LogP contribution in [0, 0.1) is 0 Å². The fourth-order valence-electron chi connectivity index (χ4n) is 1.69. The number of rotatable bonds is 2. The molecule has 1 aromatic rings. The van der Waals surface area contributed by atoms with Gasteiger partial charge in [0.25, 0.3) is 0 Å². The zero-order valence-corrected chi connectivity index (χ0v) is 8.28. The number of amides is 1. The molecule has 0 aliphatic carbocycles. The normalized spacial score (nSPS) is 17.9. The fourth-order valence-corrected chi connectivity index (χ4v) is 1.69. The van der Waals surface area contributed by atoms with Crippen molar-refractivity contribution < 1.29 is 9.59 Å². The van der Waals surface area contributed by atoms with Crippen LogP contribution >= 0.6 is 0 Å². The monoisotopic (exact) mass is 202 g/mol. The minimum Gasteiger partial charge on any atom is -0.325 e. The van der Waals surface area contributed by atoms with Crippen molar-refractivity contribution in [1.82, 2.24) is 0 Å². The average molecular weight is 202 g/mol. The van der Waals surface area contributed by atoms with Crippen molar-refractivity contribution in [3.05, 3.63) is 29.3 Å². The van der Waals surface area contributed by atoms with Crippen molar-refractivity contribution >= 4 is 17.7 Å². The Hall–Kier alpha value is -1.93. The number of nitrogens with one attached hydrogen (secondary N) is 1. The first-order chi connectivity index (χ1) is 7.22. The Balaban J connectivity index is 2.35. The van der Waals surface area contributed by atoms with E-state index in [4.69, 9.17) is 0 Å². The first-order valence-electron chi connectivity index (χ1n) is 4.69. The van der Waals surface area contributed by atoms with Crippen molar-refractivity contribution in [2.75, 3.05) is 5.32 Å². The van der Waals surface area contributed by atoms with Crippen LogP contribution in [0.3, 0.4) is 0 Å². The van der Waals surface area contributed by atoms with E-state index in [1.807, 2.05) is 25.1 Å². The summed E-state index contributed by atoms with van der Waals surface area (Å²) in [5.74, 6) is -0.110. The van der Waals surface area contributed by atoms with Crippen LogP contribution < -0.4 is 5.32 Å². The molecule has 2 rings (SSSR count). The molecule has 0 bridgehead atoms. The van der Waals surface area contributed by atoms with Gasteiger partial charge in [0, 0.05) is 5.69 Å². The van der Waals surface area contributed by atoms with Gasteiger partial charge in [-0.1, -0.05) is 12.1 Å². The Morgan fingerprint density at radius 3 is 3.07 bits per heavy atom. The molecule has 4 heteroatoms. The van der Waals surface area contributed by atoms with E-state index in [1.165, 1.54) is 6.08 Å². The third-order valence-corrected chi connectivity index (χ3v) is 2.56. The SMILES string of the molecule is CC1C(=O)Nc2ccc(CN=C=O)cc21. The largest absolute Gasteiger partial charge is 0.325 e. The van der Waals surface area contributed by atoms with Gasteiger partial charge in [0.05, 0.1) is 12.5 Å². The first kappa shape index (κ1) is 9.62. The van der Waals surface area contributed by atoms with Crippen LogP contribution in [0.25, 0.3) is 0 Å². The topological polar surface area (TPSA) is 58.5 Å². The molecular formula is C11H10N2O2. The Morgan fingerprint density at radius 2 is 2.33 bits per heavy atom. The van der Waals surface area contributed by atoms with Gasteiger partial charge in [-0.25, -0.2) is 9.79 Å². The van der Waals surface area contributed by atoms with Crippen LogP contribution in [-0.2, 0) is 16.1 Å². The van der Waals surface area contributed by atoms with Crippen molar-refractivity contribution in [1.29, 1.82) is 0 Å². The molecule has 1 aromatic carbocycles. The van der Waals surface area contributed by atoms with Gasteiger partial charge in [0.2, 0.25) is 12.0 Å². The third-order valence-electron chi connectivity index (χ3n) is 2.56. The van der Waals surface area contributed by atoms with E-state index in [2.05, 4.69) is 10.3 Å². The smallest absolute Gasteiger partial charge is 0.235 e. The summed E-state index contributed by atoms with van der Waals surface area (Å²) in [5.41, 5.74) is 2.74. The van der Waals surface area contributed by atoms with Gasteiger partial charge < -0.3 is 5.32 Å². The lowest BCUT2D eigenvalue weighted by molar-refractivity contribution is -0.116. The summed E-state index contributed by atoms with van der Waals surface area (Å²) in [6, 6.07) is 5.59. The van der Waals surface area contributed by atoms with Gasteiger partial charge in [-0.3, -0.25) is 4.79 Å². The predicted octanol–water partition coefficient (Wildman–Crippen LogP) is 1.58. The quantitative estimate of drug-likeness (QED) is 0.584. The highest BCUT2D eigenvalue weighted by atomic mass is 16.2. The highest BCUT2D eigenvalue weighted by Crippen LogP contribution is 2.32. The van der Waals surface area contributed by atoms with E-state index < -0.39 is 0 Å². The molecule has 1 N–H and O–H groups in total. The lowest BCUT2D eigenvalue weighted by Crippen LogP contribution is -2.08. The number of hydrogen-bond acceptors (Lipinski definition) is 3. The lowest BCUT2D eigenvalue weighted by atomic mass is 10.0. The molecule has 0 saturated heterocycles. The van der Waals surface area contributed by atoms with Crippen molar-refractivity contribution in [3.8, 4) is 0 Å². The highest BCUT2D eigenvalue weighted by Gasteiger charge is 2.26. The van der Waals surface area contributed by atoms with Crippen LogP contribution in [0.15, 0.2) is 23.2 Å². The molecule has 1 aliphatic heterocycles. The van der Waals surface area contributed by atoms with E-state index in [-0.39, 0.29) is 11.8 Å². The molecule has 76 valence electrons. The van der Waals surface area contributed by atoms with Crippen molar-refractivity contribution in [2.45, 2.75) is 19.4 Å². The number of hydrogen-bond donors (Lipinski definition) is 1. The van der Waals surface area contributed by atoms with Gasteiger partial charge in [0.15, 0.2) is 0 Å². The van der Waals surface area contributed by atoms with E-state index in [1.54, 1.807) is 0 Å². The van der Waals surface area contributed by atoms with E-state index >= 15 is 0 Å². The van der Waals surface area contributed by atoms with Gasteiger partial charge in [-0.2, -0.15) is 0 Å². The summed E-state index contributed by atoms with van der Waals surface area (Å²) in [6.45, 7) is 2.17. The maximum Gasteiger partial charge on any atom is 0.235 e. The van der Waals surface area contributed by atoms with Crippen molar-refractivity contribution in [2.24, 2.45) is 4.99 Å². The number of carbonyl (C=O) groups is 1. The van der Waals surface area contributed by atoms with Crippen LogP contribution in [0.2, 0.25) is 0 Å². The molecule has 1 unspecified atom stereocenters. The molecule has 0 saturated carbocycles. The molecule has 0 fully saturated rings. The van der Waals surface area contributed by atoms with Crippen LogP contribution in [0.1, 0.15) is 24.0 Å². The Kier molecular flexibility index (Phi) is 2.35. The average Bonchev–Trinajstić information content (AvgIpc) is 2.52. The number of benzene rings is 1. The molecular weight excluding hydrogens is 192 g/mol. The maximum atomic E-state index is 11.4. The first-order valence-corrected chi connectivity index (χ1v) is 4.69. The molecule has 1 atom stereocenters. The number of anilines is 1. The summed E-state index contributed by atoms with van der Waals surface area (Å²) < 4.78 is 0. The van der Waals surface area contributed by atoms with Crippen molar-refractivity contribution in [3.63, 3.8) is 0 Å². The summed E-state index contributed by atoms with van der Waals surface area (Å²) in [7, 11) is 0. The molecule has 0 radical (unpaired) electrons. The van der Waals surface area contributed by atoms with Crippen LogP contribution in [0.5, 0.6) is 0 Å². The Morgan fingerprint density at radius 1 is 1.53 bits per heavy atom. The molecule has 0 aromatic heterocycles. The third kappa shape index (κ3) is 1.67. The van der Waals surface area contributed by atoms with Gasteiger partial charge in [-0.05, 0) is 24.1 Å². The molecule has 15 heavy (non-hydrogen) atoms. The number of fused-ring (bicyclic) bond motifs is 1. The molecule has 1 aliphatic rings. The van der Waals surface area contributed by atoms with Crippen LogP contribution in [0.4, 0.5) is 5.69 Å². The van der Waals surface area contributed by atoms with Gasteiger partial charge in [0.1, 0.15) is 0 Å². The number of carbonyl (C=O) groups excluding carboxylic acids is 2. The highest BCUT2D eigenvalue weighted by molar-refractivity contribution is 6.02. The molecule has 0 spiro atoms. The Labute approximate surface area is 87.0 Å². The second-order valence-electron chi connectivity index (χ2n) is 3.54. The lowest BCUT2D eigenvalue weighted by Gasteiger charge is -2.02. The summed E-state index contributed by atoms with van der Waals surface area (Å²) in [6.07, 6.45) is 1.50. The van der Waals surface area contributed by atoms with Gasteiger partial charge in [-0.15, -0.1) is 0 Å². The molecule has 1 amide bonds. The maximum absolute atomic E-state index is 11.4. The minimum absolute atomic E-state index is 0.0149. The molecule has 1 heterocycles.